The van der Waals surface area contributed by atoms with Gasteiger partial charge in [-0.05, 0) is 40.0 Å². The Labute approximate surface area is 108 Å². The average molecular weight is 294 g/mol. The summed E-state index contributed by atoms with van der Waals surface area (Å²) in [6.07, 6.45) is 7.50. The van der Waals surface area contributed by atoms with Crippen LogP contribution in [0.1, 0.15) is 17.3 Å². The Kier molecular flexibility index (Phi) is 4.13. The molecule has 0 amide bonds. The molecule has 2 rings (SSSR count). The van der Waals surface area contributed by atoms with Crippen LogP contribution in [0.25, 0.3) is 0 Å². The molecule has 0 bridgehead atoms. The van der Waals surface area contributed by atoms with Crippen molar-refractivity contribution in [3.05, 3.63) is 52.8 Å². The molecule has 0 radical (unpaired) electrons. The number of nitrogens with two attached hydrogens (primary N) is 1. The first-order valence-corrected chi connectivity index (χ1v) is 5.90. The van der Waals surface area contributed by atoms with E-state index < -0.39 is 0 Å². The van der Waals surface area contributed by atoms with Gasteiger partial charge < -0.3 is 0 Å². The van der Waals surface area contributed by atoms with E-state index >= 15 is 0 Å². The van der Waals surface area contributed by atoms with E-state index in [-0.39, 0.29) is 6.04 Å². The van der Waals surface area contributed by atoms with Gasteiger partial charge in [-0.3, -0.25) is 16.3 Å². The van der Waals surface area contributed by atoms with Crippen molar-refractivity contribution in [3.8, 4) is 0 Å². The number of hydrazine groups is 1. The van der Waals surface area contributed by atoms with Crippen LogP contribution in [-0.2, 0) is 6.42 Å². The normalized spacial score (nSPS) is 12.4. The summed E-state index contributed by atoms with van der Waals surface area (Å²) >= 11 is 3.39. The fourth-order valence-electron chi connectivity index (χ4n) is 1.56. The van der Waals surface area contributed by atoms with Crippen molar-refractivity contribution in [3.63, 3.8) is 0 Å². The van der Waals surface area contributed by atoms with Gasteiger partial charge in [-0.2, -0.15) is 0 Å². The zero-order chi connectivity index (χ0) is 12.1. The Balaban J connectivity index is 2.16. The van der Waals surface area contributed by atoms with E-state index in [1.54, 1.807) is 12.4 Å². The van der Waals surface area contributed by atoms with E-state index in [9.17, 15) is 0 Å². The summed E-state index contributed by atoms with van der Waals surface area (Å²) in [7, 11) is 0. The van der Waals surface area contributed by atoms with E-state index in [4.69, 9.17) is 5.84 Å². The fraction of sp³-hybridized carbons (Fsp3) is 0.182. The minimum absolute atomic E-state index is 0.0471. The lowest BCUT2D eigenvalue weighted by Crippen LogP contribution is -2.30. The van der Waals surface area contributed by atoms with Gasteiger partial charge in [0.05, 0.1) is 11.7 Å². The molecule has 17 heavy (non-hydrogen) atoms. The van der Waals surface area contributed by atoms with Crippen molar-refractivity contribution >= 4 is 15.9 Å². The number of halogens is 1. The van der Waals surface area contributed by atoms with Crippen molar-refractivity contribution < 1.29 is 0 Å². The number of nitrogens with zero attached hydrogens (tertiary/aromatic N) is 3. The summed E-state index contributed by atoms with van der Waals surface area (Å²) < 4.78 is 0.952. The molecule has 1 atom stereocenters. The molecular formula is C11H12BrN5. The van der Waals surface area contributed by atoms with E-state index in [2.05, 4.69) is 36.3 Å². The lowest BCUT2D eigenvalue weighted by molar-refractivity contribution is 0.536. The van der Waals surface area contributed by atoms with Crippen LogP contribution in [-0.4, -0.2) is 15.0 Å². The van der Waals surface area contributed by atoms with Gasteiger partial charge in [-0.1, -0.05) is 0 Å². The second-order valence-electron chi connectivity index (χ2n) is 3.57. The van der Waals surface area contributed by atoms with E-state index in [1.165, 1.54) is 6.33 Å². The van der Waals surface area contributed by atoms with Gasteiger partial charge in [0.15, 0.2) is 0 Å². The molecule has 88 valence electrons. The van der Waals surface area contributed by atoms with Crippen LogP contribution < -0.4 is 11.3 Å². The van der Waals surface area contributed by atoms with Gasteiger partial charge >= 0.3 is 0 Å². The fourth-order valence-corrected chi connectivity index (χ4v) is 1.97. The summed E-state index contributed by atoms with van der Waals surface area (Å²) in [6, 6.07) is 3.81. The largest absolute Gasteiger partial charge is 0.271 e. The number of hydrogen-bond acceptors (Lipinski definition) is 5. The summed E-state index contributed by atoms with van der Waals surface area (Å²) in [5.41, 5.74) is 4.70. The Hall–Kier alpha value is -1.37. The lowest BCUT2D eigenvalue weighted by atomic mass is 10.1. The third kappa shape index (κ3) is 3.29. The van der Waals surface area contributed by atoms with Crippen molar-refractivity contribution in [1.29, 1.82) is 0 Å². The molecule has 3 N–H and O–H groups in total. The second kappa shape index (κ2) is 5.81. The Bertz CT molecular complexity index is 476. The van der Waals surface area contributed by atoms with Crippen LogP contribution in [0.5, 0.6) is 0 Å². The third-order valence-electron chi connectivity index (χ3n) is 2.36. The molecular weight excluding hydrogens is 282 g/mol. The molecule has 0 aliphatic carbocycles. The number of nitrogens with one attached hydrogen (secondary N) is 1. The van der Waals surface area contributed by atoms with Crippen molar-refractivity contribution in [1.82, 2.24) is 20.4 Å². The molecule has 0 aliphatic heterocycles. The standard InChI is InChI=1S/C11H12BrN5/c12-9-3-8(5-15-6-9)4-11(17-13)10-1-2-14-7-16-10/h1-3,5-7,11,17H,4,13H2. The highest BCUT2D eigenvalue weighted by molar-refractivity contribution is 9.10. The summed E-state index contributed by atoms with van der Waals surface area (Å²) in [6.45, 7) is 0. The molecule has 0 spiro atoms. The van der Waals surface area contributed by atoms with Crippen LogP contribution in [0.4, 0.5) is 0 Å². The van der Waals surface area contributed by atoms with Gasteiger partial charge in [-0.15, -0.1) is 0 Å². The van der Waals surface area contributed by atoms with Crippen LogP contribution in [0.3, 0.4) is 0 Å². The molecule has 5 nitrogen and oxygen atoms in total. The first kappa shape index (κ1) is 12.1. The zero-order valence-electron chi connectivity index (χ0n) is 9.05. The molecule has 2 aromatic rings. The highest BCUT2D eigenvalue weighted by atomic mass is 79.9. The molecule has 0 aliphatic rings. The zero-order valence-corrected chi connectivity index (χ0v) is 10.6. The maximum Gasteiger partial charge on any atom is 0.115 e. The first-order valence-electron chi connectivity index (χ1n) is 5.11. The molecule has 2 aromatic heterocycles. The van der Waals surface area contributed by atoms with Crippen molar-refractivity contribution in [2.45, 2.75) is 12.5 Å². The molecule has 0 aromatic carbocycles. The summed E-state index contributed by atoms with van der Waals surface area (Å²) in [5.74, 6) is 5.55. The summed E-state index contributed by atoms with van der Waals surface area (Å²) in [5, 5.41) is 0. The highest BCUT2D eigenvalue weighted by Gasteiger charge is 2.11. The Morgan fingerprint density at radius 3 is 2.88 bits per heavy atom. The van der Waals surface area contributed by atoms with Gasteiger partial charge in [0, 0.05) is 23.1 Å². The minimum atomic E-state index is -0.0471. The number of rotatable bonds is 4. The van der Waals surface area contributed by atoms with E-state index in [1.807, 2.05) is 18.3 Å². The molecule has 2 heterocycles. The monoisotopic (exact) mass is 293 g/mol. The predicted molar refractivity (Wildman–Crippen MR) is 67.7 cm³/mol. The number of pyridine rings is 1. The van der Waals surface area contributed by atoms with Crippen LogP contribution in [0.15, 0.2) is 41.5 Å². The molecule has 0 fully saturated rings. The maximum absolute atomic E-state index is 5.55. The van der Waals surface area contributed by atoms with Crippen molar-refractivity contribution in [2.75, 3.05) is 0 Å². The second-order valence-corrected chi connectivity index (χ2v) is 4.48. The van der Waals surface area contributed by atoms with Crippen LogP contribution >= 0.6 is 15.9 Å². The highest BCUT2D eigenvalue weighted by Crippen LogP contribution is 2.17. The van der Waals surface area contributed by atoms with E-state index in [0.29, 0.717) is 0 Å². The maximum atomic E-state index is 5.55. The van der Waals surface area contributed by atoms with Crippen LogP contribution in [0.2, 0.25) is 0 Å². The Morgan fingerprint density at radius 1 is 1.35 bits per heavy atom. The first-order chi connectivity index (χ1) is 8.29. The van der Waals surface area contributed by atoms with Crippen LogP contribution in [0, 0.1) is 0 Å². The average Bonchev–Trinajstić information content (AvgIpc) is 2.37. The number of hydrogen-bond donors (Lipinski definition) is 2. The van der Waals surface area contributed by atoms with Gasteiger partial charge in [-0.25, -0.2) is 9.97 Å². The molecule has 0 saturated heterocycles. The molecule has 6 heteroatoms. The van der Waals surface area contributed by atoms with E-state index in [0.717, 1.165) is 22.2 Å². The van der Waals surface area contributed by atoms with Gasteiger partial charge in [0.25, 0.3) is 0 Å². The SMILES string of the molecule is NNC(Cc1cncc(Br)c1)c1ccncn1. The predicted octanol–water partition coefficient (Wildman–Crippen LogP) is 1.38. The quantitative estimate of drug-likeness (QED) is 0.658. The Morgan fingerprint density at radius 2 is 2.24 bits per heavy atom. The van der Waals surface area contributed by atoms with Gasteiger partial charge in [0.1, 0.15) is 6.33 Å². The lowest BCUT2D eigenvalue weighted by Gasteiger charge is -2.14. The molecule has 0 saturated carbocycles. The topological polar surface area (TPSA) is 76.7 Å². The minimum Gasteiger partial charge on any atom is -0.271 e. The van der Waals surface area contributed by atoms with Gasteiger partial charge in [0.2, 0.25) is 0 Å². The number of aromatic nitrogens is 3. The van der Waals surface area contributed by atoms with Crippen molar-refractivity contribution in [2.24, 2.45) is 5.84 Å². The smallest absolute Gasteiger partial charge is 0.115 e. The summed E-state index contributed by atoms with van der Waals surface area (Å²) in [4.78, 5) is 12.2. The third-order valence-corrected chi connectivity index (χ3v) is 2.80. The molecule has 1 unspecified atom stereocenters.